The lowest BCUT2D eigenvalue weighted by atomic mass is 9.91. The predicted molar refractivity (Wildman–Crippen MR) is 52.3 cm³/mol. The molecule has 1 aliphatic carbocycles. The molecule has 0 amide bonds. The van der Waals surface area contributed by atoms with Crippen molar-refractivity contribution in [2.45, 2.75) is 33.1 Å². The van der Waals surface area contributed by atoms with Gasteiger partial charge in [-0.05, 0) is 25.2 Å². The molecule has 2 nitrogen and oxygen atoms in total. The normalized spacial score (nSPS) is 27.2. The topological polar surface area (TPSA) is 26.3 Å². The summed E-state index contributed by atoms with van der Waals surface area (Å²) in [6.45, 7) is 8.28. The van der Waals surface area contributed by atoms with Gasteiger partial charge in [0.05, 0.1) is 6.61 Å². The zero-order valence-corrected chi connectivity index (χ0v) is 8.51. The van der Waals surface area contributed by atoms with Crippen LogP contribution < -0.4 is 0 Å². The Balaban J connectivity index is 2.51. The minimum atomic E-state index is -0.207. The van der Waals surface area contributed by atoms with Gasteiger partial charge in [-0.15, -0.1) is 0 Å². The van der Waals surface area contributed by atoms with E-state index in [0.29, 0.717) is 24.0 Å². The van der Waals surface area contributed by atoms with E-state index >= 15 is 0 Å². The van der Waals surface area contributed by atoms with E-state index < -0.39 is 0 Å². The second kappa shape index (κ2) is 4.45. The smallest absolute Gasteiger partial charge is 0.333 e. The summed E-state index contributed by atoms with van der Waals surface area (Å²) in [5.74, 6) is 0.747. The van der Waals surface area contributed by atoms with E-state index in [1.54, 1.807) is 0 Å². The van der Waals surface area contributed by atoms with Gasteiger partial charge in [0.1, 0.15) is 0 Å². The predicted octanol–water partition coefficient (Wildman–Crippen LogP) is 2.54. The molecule has 0 spiro atoms. The molecule has 1 saturated carbocycles. The minimum Gasteiger partial charge on any atom is -0.463 e. The average molecular weight is 182 g/mol. The van der Waals surface area contributed by atoms with E-state index in [1.807, 2.05) is 6.92 Å². The quantitative estimate of drug-likeness (QED) is 0.495. The maximum atomic E-state index is 11.4. The van der Waals surface area contributed by atoms with E-state index in [1.165, 1.54) is 12.8 Å². The largest absolute Gasteiger partial charge is 0.463 e. The van der Waals surface area contributed by atoms with Gasteiger partial charge in [0.2, 0.25) is 0 Å². The van der Waals surface area contributed by atoms with Crippen molar-refractivity contribution in [2.75, 3.05) is 6.61 Å². The molecule has 0 radical (unpaired) electrons. The van der Waals surface area contributed by atoms with Crippen LogP contribution >= 0.6 is 0 Å². The number of hydrogen-bond donors (Lipinski definition) is 0. The van der Waals surface area contributed by atoms with Crippen LogP contribution in [0, 0.1) is 11.8 Å². The maximum Gasteiger partial charge on any atom is 0.333 e. The standard InChI is InChI=1S/C11H18O2/c1-4-13-11(12)9(3)10-7-5-6-8(10)2/h8,10H,3-7H2,1-2H3. The van der Waals surface area contributed by atoms with Crippen molar-refractivity contribution < 1.29 is 9.53 Å². The fraction of sp³-hybridized carbons (Fsp3) is 0.727. The van der Waals surface area contributed by atoms with Crippen molar-refractivity contribution in [3.05, 3.63) is 12.2 Å². The lowest BCUT2D eigenvalue weighted by Crippen LogP contribution is -2.16. The molecule has 0 bridgehead atoms. The first kappa shape index (κ1) is 10.3. The van der Waals surface area contributed by atoms with Crippen LogP contribution in [0.5, 0.6) is 0 Å². The number of carbonyl (C=O) groups excluding carboxylic acids is 1. The second-order valence-electron chi connectivity index (χ2n) is 3.76. The van der Waals surface area contributed by atoms with Crippen LogP contribution in [0.25, 0.3) is 0 Å². The van der Waals surface area contributed by atoms with Crippen molar-refractivity contribution in [1.82, 2.24) is 0 Å². The second-order valence-corrected chi connectivity index (χ2v) is 3.76. The molecule has 1 fully saturated rings. The molecule has 2 atom stereocenters. The van der Waals surface area contributed by atoms with Crippen LogP contribution in [0.15, 0.2) is 12.2 Å². The summed E-state index contributed by atoms with van der Waals surface area (Å²) in [4.78, 5) is 11.4. The summed E-state index contributed by atoms with van der Waals surface area (Å²) < 4.78 is 4.93. The molecule has 0 aliphatic heterocycles. The van der Waals surface area contributed by atoms with Gasteiger partial charge in [-0.1, -0.05) is 26.3 Å². The Morgan fingerprint density at radius 1 is 1.54 bits per heavy atom. The van der Waals surface area contributed by atoms with E-state index in [0.717, 1.165) is 6.42 Å². The van der Waals surface area contributed by atoms with Crippen LogP contribution in [0.3, 0.4) is 0 Å². The van der Waals surface area contributed by atoms with Gasteiger partial charge in [-0.25, -0.2) is 4.79 Å². The van der Waals surface area contributed by atoms with Crippen LogP contribution in [0.2, 0.25) is 0 Å². The molecule has 1 aliphatic rings. The zero-order valence-electron chi connectivity index (χ0n) is 8.51. The van der Waals surface area contributed by atoms with Gasteiger partial charge in [0, 0.05) is 5.57 Å². The molecule has 2 unspecified atom stereocenters. The Labute approximate surface area is 80.0 Å². The van der Waals surface area contributed by atoms with Crippen LogP contribution in [-0.4, -0.2) is 12.6 Å². The van der Waals surface area contributed by atoms with Gasteiger partial charge < -0.3 is 4.74 Å². The fourth-order valence-corrected chi connectivity index (χ4v) is 2.04. The highest BCUT2D eigenvalue weighted by molar-refractivity contribution is 5.88. The number of esters is 1. The lowest BCUT2D eigenvalue weighted by Gasteiger charge is -2.16. The van der Waals surface area contributed by atoms with Crippen LogP contribution in [0.4, 0.5) is 0 Å². The Bertz CT molecular complexity index is 208. The molecule has 0 heterocycles. The Hall–Kier alpha value is -0.790. The van der Waals surface area contributed by atoms with Crippen molar-refractivity contribution in [3.8, 4) is 0 Å². The summed E-state index contributed by atoms with van der Waals surface area (Å²) in [6.07, 6.45) is 3.52. The van der Waals surface area contributed by atoms with Gasteiger partial charge >= 0.3 is 5.97 Å². The molecule has 2 heteroatoms. The van der Waals surface area contributed by atoms with Crippen molar-refractivity contribution in [3.63, 3.8) is 0 Å². The summed E-state index contributed by atoms with van der Waals surface area (Å²) in [5, 5.41) is 0. The Kier molecular flexibility index (Phi) is 3.52. The molecule has 1 rings (SSSR count). The van der Waals surface area contributed by atoms with Crippen molar-refractivity contribution in [1.29, 1.82) is 0 Å². The third-order valence-corrected chi connectivity index (χ3v) is 2.85. The highest BCUT2D eigenvalue weighted by atomic mass is 16.5. The van der Waals surface area contributed by atoms with Crippen molar-refractivity contribution >= 4 is 5.97 Å². The minimum absolute atomic E-state index is 0.207. The maximum absolute atomic E-state index is 11.4. The van der Waals surface area contributed by atoms with Gasteiger partial charge in [0.25, 0.3) is 0 Å². The molecule has 0 saturated heterocycles. The average Bonchev–Trinajstić information content (AvgIpc) is 2.50. The van der Waals surface area contributed by atoms with E-state index in [4.69, 9.17) is 4.74 Å². The Morgan fingerprint density at radius 3 is 2.69 bits per heavy atom. The van der Waals surface area contributed by atoms with Gasteiger partial charge in [-0.2, -0.15) is 0 Å². The molecule has 74 valence electrons. The Morgan fingerprint density at radius 2 is 2.23 bits per heavy atom. The molecular formula is C11H18O2. The number of ether oxygens (including phenoxy) is 1. The molecule has 0 aromatic rings. The summed E-state index contributed by atoms with van der Waals surface area (Å²) in [6, 6.07) is 0. The van der Waals surface area contributed by atoms with E-state index in [2.05, 4.69) is 13.5 Å². The first-order valence-electron chi connectivity index (χ1n) is 5.02. The molecule has 0 aromatic carbocycles. The third-order valence-electron chi connectivity index (χ3n) is 2.85. The van der Waals surface area contributed by atoms with Gasteiger partial charge in [0.15, 0.2) is 0 Å². The van der Waals surface area contributed by atoms with E-state index in [-0.39, 0.29) is 5.97 Å². The highest BCUT2D eigenvalue weighted by Crippen LogP contribution is 2.36. The molecule has 0 aromatic heterocycles. The summed E-state index contributed by atoms with van der Waals surface area (Å²) in [7, 11) is 0. The third kappa shape index (κ3) is 2.33. The fourth-order valence-electron chi connectivity index (χ4n) is 2.04. The summed E-state index contributed by atoms with van der Waals surface area (Å²) in [5.41, 5.74) is 0.673. The summed E-state index contributed by atoms with van der Waals surface area (Å²) >= 11 is 0. The van der Waals surface area contributed by atoms with E-state index in [9.17, 15) is 4.79 Å². The number of carbonyl (C=O) groups is 1. The molecule has 13 heavy (non-hydrogen) atoms. The first-order valence-corrected chi connectivity index (χ1v) is 5.02. The molecular weight excluding hydrogens is 164 g/mol. The monoisotopic (exact) mass is 182 g/mol. The lowest BCUT2D eigenvalue weighted by molar-refractivity contribution is -0.139. The van der Waals surface area contributed by atoms with Crippen LogP contribution in [0.1, 0.15) is 33.1 Å². The molecule has 0 N–H and O–H groups in total. The van der Waals surface area contributed by atoms with Crippen LogP contribution in [-0.2, 0) is 9.53 Å². The highest BCUT2D eigenvalue weighted by Gasteiger charge is 2.29. The number of hydrogen-bond acceptors (Lipinski definition) is 2. The zero-order chi connectivity index (χ0) is 9.84. The van der Waals surface area contributed by atoms with Crippen molar-refractivity contribution in [2.24, 2.45) is 11.8 Å². The first-order chi connectivity index (χ1) is 6.16. The van der Waals surface area contributed by atoms with Gasteiger partial charge in [-0.3, -0.25) is 0 Å². The SMILES string of the molecule is C=C(C(=O)OCC)C1CCCC1C. The number of rotatable bonds is 3.